The number of hydrogen-bond acceptors (Lipinski definition) is 5. The predicted octanol–water partition coefficient (Wildman–Crippen LogP) is 3.38. The van der Waals surface area contributed by atoms with Crippen LogP contribution < -0.4 is 5.56 Å². The second-order valence-corrected chi connectivity index (χ2v) is 8.25. The van der Waals surface area contributed by atoms with Crippen LogP contribution in [0.5, 0.6) is 0 Å². The Balaban J connectivity index is 1.40. The van der Waals surface area contributed by atoms with E-state index in [1.807, 2.05) is 6.07 Å². The summed E-state index contributed by atoms with van der Waals surface area (Å²) in [7, 11) is 1.60. The van der Waals surface area contributed by atoms with E-state index in [0.717, 1.165) is 35.8 Å². The van der Waals surface area contributed by atoms with Crippen molar-refractivity contribution in [2.45, 2.75) is 32.2 Å². The molecule has 0 spiro atoms. The van der Waals surface area contributed by atoms with E-state index >= 15 is 0 Å². The minimum absolute atomic E-state index is 0.0685. The van der Waals surface area contributed by atoms with Crippen molar-refractivity contribution in [2.75, 3.05) is 20.3 Å². The lowest BCUT2D eigenvalue weighted by Crippen LogP contribution is -2.35. The van der Waals surface area contributed by atoms with Gasteiger partial charge in [0.1, 0.15) is 11.4 Å². The number of aromatic amines is 1. The Morgan fingerprint density at radius 2 is 2.00 bits per heavy atom. The maximum atomic E-state index is 13.3. The van der Waals surface area contributed by atoms with Gasteiger partial charge in [-0.2, -0.15) is 0 Å². The lowest BCUT2D eigenvalue weighted by Gasteiger charge is -2.22. The number of hydrogen-bond donors (Lipinski definition) is 1. The molecule has 0 unspecified atom stereocenters. The van der Waals surface area contributed by atoms with Crippen LogP contribution in [0.2, 0.25) is 0 Å². The highest BCUT2D eigenvalue weighted by molar-refractivity contribution is 5.88. The van der Waals surface area contributed by atoms with E-state index in [2.05, 4.69) is 22.1 Å². The van der Waals surface area contributed by atoms with Crippen molar-refractivity contribution in [2.24, 2.45) is 0 Å². The number of benzene rings is 2. The van der Waals surface area contributed by atoms with Crippen LogP contribution in [0.15, 0.2) is 51.9 Å². The highest BCUT2D eigenvalue weighted by Crippen LogP contribution is 2.30. The number of carbonyl (C=O) groups is 1. The number of aromatic nitrogens is 2. The van der Waals surface area contributed by atoms with Crippen LogP contribution in [-0.4, -0.2) is 41.0 Å². The molecular weight excluding hydrogens is 406 g/mol. The molecule has 4 aromatic rings. The molecule has 1 amide bonds. The summed E-state index contributed by atoms with van der Waals surface area (Å²) in [5, 5.41) is 1.53. The summed E-state index contributed by atoms with van der Waals surface area (Å²) in [5.74, 6) is 0.383. The van der Waals surface area contributed by atoms with Crippen LogP contribution >= 0.6 is 0 Å². The number of rotatable bonds is 7. The first-order valence-electron chi connectivity index (χ1n) is 10.9. The fourth-order valence-electron chi connectivity index (χ4n) is 4.44. The molecular formula is C25H25N3O4. The fourth-order valence-corrected chi connectivity index (χ4v) is 4.44. The van der Waals surface area contributed by atoms with E-state index < -0.39 is 0 Å². The molecule has 0 saturated carbocycles. The number of H-pyrrole nitrogens is 1. The molecule has 0 aliphatic heterocycles. The number of ether oxygens (including phenoxy) is 1. The van der Waals surface area contributed by atoms with Gasteiger partial charge in [0.05, 0.1) is 36.7 Å². The van der Waals surface area contributed by atoms with E-state index in [9.17, 15) is 9.59 Å². The first kappa shape index (κ1) is 20.5. The molecule has 2 aromatic heterocycles. The van der Waals surface area contributed by atoms with Crippen molar-refractivity contribution in [3.05, 3.63) is 75.5 Å². The third-order valence-electron chi connectivity index (χ3n) is 6.13. The topological polar surface area (TPSA) is 88.4 Å². The quantitative estimate of drug-likeness (QED) is 0.485. The second kappa shape index (κ2) is 8.59. The monoisotopic (exact) mass is 431 g/mol. The summed E-state index contributed by atoms with van der Waals surface area (Å²) in [6.45, 7) is 0.994. The second-order valence-electron chi connectivity index (χ2n) is 8.25. The maximum Gasteiger partial charge on any atom is 0.258 e. The van der Waals surface area contributed by atoms with Gasteiger partial charge in [-0.1, -0.05) is 12.1 Å². The average Bonchev–Trinajstić information content (AvgIpc) is 3.41. The third-order valence-corrected chi connectivity index (χ3v) is 6.13. The van der Waals surface area contributed by atoms with Crippen molar-refractivity contribution < 1.29 is 13.9 Å². The molecule has 2 heterocycles. The number of fused-ring (bicyclic) bond motifs is 3. The third kappa shape index (κ3) is 3.91. The highest BCUT2D eigenvalue weighted by atomic mass is 16.5. The van der Waals surface area contributed by atoms with Gasteiger partial charge in [-0.3, -0.25) is 9.59 Å². The van der Waals surface area contributed by atoms with Crippen molar-refractivity contribution in [1.29, 1.82) is 0 Å². The van der Waals surface area contributed by atoms with Gasteiger partial charge in [0.25, 0.3) is 5.56 Å². The summed E-state index contributed by atoms with van der Waals surface area (Å²) >= 11 is 0. The molecule has 0 radical (unpaired) electrons. The Bertz CT molecular complexity index is 1350. The van der Waals surface area contributed by atoms with Crippen molar-refractivity contribution in [3.63, 3.8) is 0 Å². The molecule has 1 N–H and O–H groups in total. The molecule has 1 aliphatic carbocycles. The van der Waals surface area contributed by atoms with Gasteiger partial charge in [0.2, 0.25) is 5.91 Å². The minimum Gasteiger partial charge on any atom is -0.464 e. The Kier molecular flexibility index (Phi) is 5.49. The zero-order valence-corrected chi connectivity index (χ0v) is 18.0. The Hall–Kier alpha value is -3.45. The van der Waals surface area contributed by atoms with Gasteiger partial charge in [-0.05, 0) is 54.7 Å². The Morgan fingerprint density at radius 1 is 1.19 bits per heavy atom. The zero-order valence-electron chi connectivity index (χ0n) is 18.0. The van der Waals surface area contributed by atoms with Crippen LogP contribution in [-0.2, 0) is 35.3 Å². The van der Waals surface area contributed by atoms with E-state index in [1.54, 1.807) is 36.5 Å². The lowest BCUT2D eigenvalue weighted by molar-refractivity contribution is -0.131. The van der Waals surface area contributed by atoms with Crippen molar-refractivity contribution in [1.82, 2.24) is 14.9 Å². The van der Waals surface area contributed by atoms with Crippen LogP contribution in [0.4, 0.5) is 0 Å². The maximum absolute atomic E-state index is 13.3. The van der Waals surface area contributed by atoms with E-state index in [1.165, 1.54) is 11.1 Å². The summed E-state index contributed by atoms with van der Waals surface area (Å²) in [6, 6.07) is 11.5. The Labute approximate surface area is 185 Å². The van der Waals surface area contributed by atoms with Crippen LogP contribution in [0.1, 0.15) is 28.9 Å². The molecule has 0 fully saturated rings. The minimum atomic E-state index is -0.209. The summed E-state index contributed by atoms with van der Waals surface area (Å²) in [4.78, 5) is 34.7. The van der Waals surface area contributed by atoms with E-state index in [0.29, 0.717) is 29.9 Å². The summed E-state index contributed by atoms with van der Waals surface area (Å²) < 4.78 is 11.0. The average molecular weight is 431 g/mol. The number of carbonyl (C=O) groups excluding carboxylic acids is 1. The van der Waals surface area contributed by atoms with Gasteiger partial charge in [-0.25, -0.2) is 4.98 Å². The van der Waals surface area contributed by atoms with Gasteiger partial charge in [0, 0.05) is 24.6 Å². The van der Waals surface area contributed by atoms with Gasteiger partial charge in [-0.15, -0.1) is 0 Å². The zero-order chi connectivity index (χ0) is 22.1. The van der Waals surface area contributed by atoms with Crippen LogP contribution in [0.3, 0.4) is 0 Å². The standard InChI is InChI=1S/C25H25N3O4/c1-31-10-9-28(14-23-26-21-8-3-2-7-19(21)25(30)27-23)24(29)13-18-15-32-22-12-17-6-4-5-16(17)11-20(18)22/h2-3,7-8,11-12,15H,4-6,9-10,13-14H2,1H3,(H,26,27,30). The number of amides is 1. The SMILES string of the molecule is COCCN(Cc1nc2ccccc2c(=O)[nH]1)C(=O)Cc1coc2cc3c(cc12)CCC3. The predicted molar refractivity (Wildman–Crippen MR) is 122 cm³/mol. The fraction of sp³-hybridized carbons (Fsp3) is 0.320. The molecule has 32 heavy (non-hydrogen) atoms. The first-order chi connectivity index (χ1) is 15.6. The molecule has 7 heteroatoms. The smallest absolute Gasteiger partial charge is 0.258 e. The number of furan rings is 1. The molecule has 0 atom stereocenters. The van der Waals surface area contributed by atoms with E-state index in [4.69, 9.17) is 9.15 Å². The van der Waals surface area contributed by atoms with Crippen LogP contribution in [0, 0.1) is 0 Å². The molecule has 0 bridgehead atoms. The number of methoxy groups -OCH3 is 1. The lowest BCUT2D eigenvalue weighted by atomic mass is 10.0. The largest absolute Gasteiger partial charge is 0.464 e. The molecule has 164 valence electrons. The first-order valence-corrected chi connectivity index (χ1v) is 10.9. The van der Waals surface area contributed by atoms with E-state index in [-0.39, 0.29) is 24.4 Å². The number of nitrogens with one attached hydrogen (secondary N) is 1. The molecule has 7 nitrogen and oxygen atoms in total. The number of para-hydroxylation sites is 1. The van der Waals surface area contributed by atoms with Crippen molar-refractivity contribution >= 4 is 27.8 Å². The van der Waals surface area contributed by atoms with Gasteiger partial charge in [0.15, 0.2) is 0 Å². The number of nitrogens with zero attached hydrogens (tertiary/aromatic N) is 2. The summed E-state index contributed by atoms with van der Waals surface area (Å²) in [5.41, 5.74) is 4.80. The molecule has 2 aromatic carbocycles. The highest BCUT2D eigenvalue weighted by Gasteiger charge is 2.20. The van der Waals surface area contributed by atoms with Crippen LogP contribution in [0.25, 0.3) is 21.9 Å². The van der Waals surface area contributed by atoms with Crippen molar-refractivity contribution in [3.8, 4) is 0 Å². The molecule has 5 rings (SSSR count). The number of aryl methyl sites for hydroxylation is 2. The molecule has 1 aliphatic rings. The van der Waals surface area contributed by atoms with Gasteiger partial charge < -0.3 is 19.0 Å². The molecule has 0 saturated heterocycles. The normalized spacial score (nSPS) is 13.0. The summed E-state index contributed by atoms with van der Waals surface area (Å²) in [6.07, 6.45) is 5.22. The Morgan fingerprint density at radius 3 is 2.84 bits per heavy atom. The van der Waals surface area contributed by atoms with Gasteiger partial charge >= 0.3 is 0 Å².